The van der Waals surface area contributed by atoms with Gasteiger partial charge in [-0.1, -0.05) is 72.8 Å². The van der Waals surface area contributed by atoms with Gasteiger partial charge in [-0.05, 0) is 148 Å². The molecule has 8 rings (SSSR count). The summed E-state index contributed by atoms with van der Waals surface area (Å²) in [5.74, 6) is -1.44. The lowest BCUT2D eigenvalue weighted by Gasteiger charge is -2.33. The van der Waals surface area contributed by atoms with Crippen LogP contribution in [0.15, 0.2) is 121 Å². The minimum absolute atomic E-state index is 0. The number of carbonyl (C=O) groups excluding carboxylic acids is 6. The zero-order chi connectivity index (χ0) is 55.1. The van der Waals surface area contributed by atoms with Crippen LogP contribution in [0.1, 0.15) is 103 Å². The van der Waals surface area contributed by atoms with E-state index in [1.54, 1.807) is 30.6 Å². The van der Waals surface area contributed by atoms with Gasteiger partial charge in [0.25, 0.3) is 5.91 Å². The van der Waals surface area contributed by atoms with E-state index < -0.39 is 29.2 Å². The molecule has 4 unspecified atom stereocenters. The minimum atomic E-state index is -0.840. The molecule has 0 radical (unpaired) electrons. The van der Waals surface area contributed by atoms with Crippen molar-refractivity contribution in [2.24, 2.45) is 23.7 Å². The van der Waals surface area contributed by atoms with Gasteiger partial charge in [0.1, 0.15) is 11.2 Å². The largest absolute Gasteiger partial charge is 1.00 e. The highest BCUT2D eigenvalue weighted by Crippen LogP contribution is 2.24. The molecule has 426 valence electrons. The number of nitrogens with zero attached hydrogens (tertiary/aromatic N) is 3. The monoisotopic (exact) mass is 1210 g/mol. The van der Waals surface area contributed by atoms with Gasteiger partial charge in [0.15, 0.2) is 0 Å². The third kappa shape index (κ3) is 23.8. The molecule has 4 atom stereocenters. The second kappa shape index (κ2) is 33.2. The van der Waals surface area contributed by atoms with Crippen molar-refractivity contribution in [3.05, 3.63) is 127 Å². The summed E-state index contributed by atoms with van der Waals surface area (Å²) in [4.78, 5) is 88.6. The molecule has 4 heterocycles. The maximum absolute atomic E-state index is 12.5. The molecule has 0 saturated carbocycles. The first-order valence-corrected chi connectivity index (χ1v) is 26.6. The van der Waals surface area contributed by atoms with Gasteiger partial charge in [0.2, 0.25) is 17.7 Å². The zero-order valence-corrected chi connectivity index (χ0v) is 48.9. The summed E-state index contributed by atoms with van der Waals surface area (Å²) in [6.07, 6.45) is 5.94. The molecule has 0 bridgehead atoms. The number of halogens is 2. The standard InChI is InChI=1S/C19H20N2O2.C17H24N2O3.C12H16N2O.C11H19NO4.ClH.HI/c22-18(20-17-11-5-2-6-12-17)16-10-7-13-21(14-16)19(23)15-8-3-1-4-9-15;1-17(2,3)22-16(21)19-11-7-8-13(12-19)15(20)18-14-9-5-4-6-10-14;15-12(10-5-4-8-13-9-10)14-11-6-2-1-3-7-11;1-11(2,3)16-10(15)12-6-4-5-8(7-12)9(13)14;;/h1-6,8-9,11-12,16H,7,10,13-14H2,(H,20,22);4-6,9-10,13H,7-8,11-12H2,1-3H3,(H,18,20);1-3,6-7,10,13H,4-5,8-9H2,(H,14,15);8H,4-7H2,1-3H3,(H,13,14);2*1H/p-1. The van der Waals surface area contributed by atoms with Gasteiger partial charge in [0, 0.05) is 68.4 Å². The number of carboxylic acids is 1. The molecule has 4 saturated heterocycles. The quantitative estimate of drug-likeness (QED) is 0.111. The van der Waals surface area contributed by atoms with Crippen LogP contribution in [-0.4, -0.2) is 125 Å². The molecular formula is C59H80ClIN7O10-. The summed E-state index contributed by atoms with van der Waals surface area (Å²) < 4.78 is 10.6. The van der Waals surface area contributed by atoms with Gasteiger partial charge >= 0.3 is 18.2 Å². The number of nitrogens with one attached hydrogen (secondary N) is 4. The van der Waals surface area contributed by atoms with Gasteiger partial charge in [-0.15, -0.1) is 12.4 Å². The Morgan fingerprint density at radius 1 is 0.487 bits per heavy atom. The molecule has 4 aromatic carbocycles. The molecule has 5 N–H and O–H groups in total. The molecule has 0 aliphatic carbocycles. The SMILES string of the molecule is CC(C)(C)OC(=O)N1CCCC(C(=O)Nc2ccccc2)C1.CC(C)(C)OC(=O)N1CCCC(C(=O)O)C1.Cl.O=C(Nc1ccccc1)C1CCCN(C(=O)c2ccccc2)C1.O=C(Nc1ccccc1)C1CCCNC1.[I-]. The zero-order valence-electron chi connectivity index (χ0n) is 45.9. The van der Waals surface area contributed by atoms with Crippen molar-refractivity contribution in [1.29, 1.82) is 0 Å². The summed E-state index contributed by atoms with van der Waals surface area (Å²) in [5, 5.41) is 20.9. The number of carboxylic acid groups (broad SMARTS) is 1. The van der Waals surface area contributed by atoms with Crippen LogP contribution in [0.25, 0.3) is 0 Å². The van der Waals surface area contributed by atoms with E-state index in [0.29, 0.717) is 44.7 Å². The molecule has 0 spiro atoms. The van der Waals surface area contributed by atoms with E-state index in [-0.39, 0.29) is 90.4 Å². The van der Waals surface area contributed by atoms with Crippen LogP contribution in [0.3, 0.4) is 0 Å². The topological polar surface area (TPSA) is 216 Å². The first kappa shape index (κ1) is 66.0. The van der Waals surface area contributed by atoms with Crippen molar-refractivity contribution in [3.63, 3.8) is 0 Å². The van der Waals surface area contributed by atoms with E-state index in [9.17, 15) is 33.6 Å². The van der Waals surface area contributed by atoms with Crippen LogP contribution in [0.5, 0.6) is 0 Å². The number of para-hydroxylation sites is 3. The highest BCUT2D eigenvalue weighted by Gasteiger charge is 2.33. The predicted molar refractivity (Wildman–Crippen MR) is 302 cm³/mol. The third-order valence-corrected chi connectivity index (χ3v) is 12.8. The Bertz CT molecular complexity index is 2480. The summed E-state index contributed by atoms with van der Waals surface area (Å²) >= 11 is 0. The van der Waals surface area contributed by atoms with E-state index >= 15 is 0 Å². The molecular weight excluding hydrogens is 1130 g/mol. The second-order valence-corrected chi connectivity index (χ2v) is 21.4. The smallest absolute Gasteiger partial charge is 0.410 e. The predicted octanol–water partition coefficient (Wildman–Crippen LogP) is 7.22. The highest BCUT2D eigenvalue weighted by atomic mass is 127. The highest BCUT2D eigenvalue weighted by molar-refractivity contribution is 5.96. The summed E-state index contributed by atoms with van der Waals surface area (Å²) in [5.41, 5.74) is 2.08. The lowest BCUT2D eigenvalue weighted by Crippen LogP contribution is -3.00. The molecule has 4 fully saturated rings. The maximum atomic E-state index is 12.5. The van der Waals surface area contributed by atoms with Crippen molar-refractivity contribution in [1.82, 2.24) is 20.0 Å². The molecule has 78 heavy (non-hydrogen) atoms. The van der Waals surface area contributed by atoms with Crippen LogP contribution in [0.4, 0.5) is 26.7 Å². The molecule has 17 nitrogen and oxygen atoms in total. The first-order chi connectivity index (χ1) is 36.2. The van der Waals surface area contributed by atoms with Crippen LogP contribution >= 0.6 is 12.4 Å². The number of hydrogen-bond donors (Lipinski definition) is 5. The maximum Gasteiger partial charge on any atom is 0.410 e. The van der Waals surface area contributed by atoms with Crippen LogP contribution in [0, 0.1) is 23.7 Å². The summed E-state index contributed by atoms with van der Waals surface area (Å²) in [6, 6.07) is 37.7. The van der Waals surface area contributed by atoms with E-state index in [2.05, 4.69) is 21.3 Å². The van der Waals surface area contributed by atoms with Gasteiger partial charge in [0.05, 0.1) is 23.7 Å². The van der Waals surface area contributed by atoms with Crippen LogP contribution < -0.4 is 45.2 Å². The Balaban J connectivity index is 0.000000275. The number of benzene rings is 4. The van der Waals surface area contributed by atoms with Gasteiger partial charge in [-0.25, -0.2) is 9.59 Å². The van der Waals surface area contributed by atoms with Crippen molar-refractivity contribution in [2.75, 3.05) is 68.3 Å². The average molecular weight is 1210 g/mol. The van der Waals surface area contributed by atoms with E-state index in [1.807, 2.05) is 142 Å². The Morgan fingerprint density at radius 2 is 0.821 bits per heavy atom. The van der Waals surface area contributed by atoms with E-state index in [1.165, 1.54) is 4.90 Å². The van der Waals surface area contributed by atoms with Crippen LogP contribution in [-0.2, 0) is 28.7 Å². The fraction of sp³-hybridized carbons (Fsp3) is 0.475. The number of anilines is 3. The molecule has 6 amide bonds. The van der Waals surface area contributed by atoms with Gasteiger partial charge < -0.3 is 74.5 Å². The Hall–Kier alpha value is -6.25. The van der Waals surface area contributed by atoms with E-state index in [0.717, 1.165) is 75.1 Å². The van der Waals surface area contributed by atoms with Gasteiger partial charge in [-0.3, -0.25) is 24.0 Å². The van der Waals surface area contributed by atoms with Crippen molar-refractivity contribution in [3.8, 4) is 0 Å². The lowest BCUT2D eigenvalue weighted by molar-refractivity contribution is -0.143. The Labute approximate surface area is 483 Å². The number of likely N-dealkylation sites (tertiary alicyclic amines) is 3. The molecule has 4 aromatic rings. The van der Waals surface area contributed by atoms with Gasteiger partial charge in [-0.2, -0.15) is 0 Å². The fourth-order valence-electron chi connectivity index (χ4n) is 8.87. The number of amides is 6. The number of carbonyl (C=O) groups is 7. The lowest BCUT2D eigenvalue weighted by atomic mass is 9.96. The first-order valence-electron chi connectivity index (χ1n) is 26.6. The summed E-state index contributed by atoms with van der Waals surface area (Å²) in [6.45, 7) is 15.8. The minimum Gasteiger partial charge on any atom is -1.00 e. The number of piperidine rings is 4. The number of hydrogen-bond acceptors (Lipinski definition) is 10. The number of ether oxygens (including phenoxy) is 2. The second-order valence-electron chi connectivity index (χ2n) is 21.4. The number of aliphatic carboxylic acids is 1. The average Bonchev–Trinajstić information content (AvgIpc) is 3.42. The molecule has 4 aliphatic heterocycles. The van der Waals surface area contributed by atoms with E-state index in [4.69, 9.17) is 14.6 Å². The van der Waals surface area contributed by atoms with Crippen molar-refractivity contribution < 1.29 is 72.1 Å². The Morgan fingerprint density at radius 3 is 1.19 bits per heavy atom. The van der Waals surface area contributed by atoms with Crippen molar-refractivity contribution >= 4 is 71.3 Å². The molecule has 0 aromatic heterocycles. The number of rotatable bonds is 8. The fourth-order valence-corrected chi connectivity index (χ4v) is 8.87. The summed E-state index contributed by atoms with van der Waals surface area (Å²) in [7, 11) is 0. The third-order valence-electron chi connectivity index (χ3n) is 12.8. The molecule has 4 aliphatic rings. The normalized spacial score (nSPS) is 18.9. The van der Waals surface area contributed by atoms with Crippen LogP contribution in [0.2, 0.25) is 0 Å². The van der Waals surface area contributed by atoms with Crippen molar-refractivity contribution in [2.45, 2.75) is 104 Å². The molecule has 19 heteroatoms. The Kier molecular flexibility index (Phi) is 28.1.